The van der Waals surface area contributed by atoms with E-state index in [1.54, 1.807) is 0 Å². The lowest BCUT2D eigenvalue weighted by Crippen LogP contribution is -2.43. The lowest BCUT2D eigenvalue weighted by Gasteiger charge is -2.27. The van der Waals surface area contributed by atoms with Crippen molar-refractivity contribution in [3.63, 3.8) is 0 Å². The summed E-state index contributed by atoms with van der Waals surface area (Å²) in [4.78, 5) is 12.0. The molecule has 0 radical (unpaired) electrons. The van der Waals surface area contributed by atoms with Crippen molar-refractivity contribution < 1.29 is 9.90 Å². The average Bonchev–Trinajstić information content (AvgIpc) is 2.45. The van der Waals surface area contributed by atoms with Crippen LogP contribution in [0, 0.1) is 5.92 Å². The van der Waals surface area contributed by atoms with Gasteiger partial charge in [0.05, 0.1) is 6.10 Å². The zero-order valence-corrected chi connectivity index (χ0v) is 11.3. The lowest BCUT2D eigenvalue weighted by atomic mass is 9.92. The molecular formula is C15H22N2O2. The van der Waals surface area contributed by atoms with Gasteiger partial charge in [-0.05, 0) is 31.9 Å². The summed E-state index contributed by atoms with van der Waals surface area (Å²) in [5.41, 5.74) is 0.835. The summed E-state index contributed by atoms with van der Waals surface area (Å²) in [7, 11) is 0. The van der Waals surface area contributed by atoms with Crippen LogP contribution in [0.15, 0.2) is 30.3 Å². The van der Waals surface area contributed by atoms with Gasteiger partial charge in [-0.25, -0.2) is 0 Å². The Morgan fingerprint density at radius 3 is 2.89 bits per heavy atom. The number of hydrogen-bond acceptors (Lipinski definition) is 3. The minimum Gasteiger partial charge on any atom is -0.387 e. The molecule has 19 heavy (non-hydrogen) atoms. The standard InChI is InChI=1S/C15H22N2O2/c1-11-9-13(7-8-16-11)15(19)17-10-14(18)12-5-3-2-4-6-12/h2-6,11,13-14,16,18H,7-10H2,1H3,(H,17,19). The van der Waals surface area contributed by atoms with Gasteiger partial charge < -0.3 is 15.7 Å². The average molecular weight is 262 g/mol. The Morgan fingerprint density at radius 1 is 1.47 bits per heavy atom. The van der Waals surface area contributed by atoms with E-state index in [4.69, 9.17) is 0 Å². The molecule has 0 bridgehead atoms. The second-order valence-electron chi connectivity index (χ2n) is 5.25. The topological polar surface area (TPSA) is 61.4 Å². The van der Waals surface area contributed by atoms with E-state index in [9.17, 15) is 9.90 Å². The lowest BCUT2D eigenvalue weighted by molar-refractivity contribution is -0.126. The molecule has 1 heterocycles. The van der Waals surface area contributed by atoms with Gasteiger partial charge in [0, 0.05) is 18.5 Å². The molecule has 1 amide bonds. The monoisotopic (exact) mass is 262 g/mol. The molecule has 3 N–H and O–H groups in total. The first-order valence-electron chi connectivity index (χ1n) is 6.91. The van der Waals surface area contributed by atoms with Crippen LogP contribution in [0.5, 0.6) is 0 Å². The molecule has 4 heteroatoms. The van der Waals surface area contributed by atoms with Gasteiger partial charge in [0.2, 0.25) is 5.91 Å². The Kier molecular flexibility index (Phi) is 4.93. The number of hydrogen-bond donors (Lipinski definition) is 3. The maximum atomic E-state index is 12.0. The highest BCUT2D eigenvalue weighted by atomic mass is 16.3. The molecule has 0 saturated carbocycles. The van der Waals surface area contributed by atoms with Crippen LogP contribution in [-0.4, -0.2) is 30.1 Å². The van der Waals surface area contributed by atoms with E-state index < -0.39 is 6.10 Å². The fraction of sp³-hybridized carbons (Fsp3) is 0.533. The van der Waals surface area contributed by atoms with Gasteiger partial charge in [-0.1, -0.05) is 30.3 Å². The first-order valence-corrected chi connectivity index (χ1v) is 6.91. The molecular weight excluding hydrogens is 240 g/mol. The number of rotatable bonds is 4. The first-order chi connectivity index (χ1) is 9.16. The van der Waals surface area contributed by atoms with Gasteiger partial charge in [0.25, 0.3) is 0 Å². The highest BCUT2D eigenvalue weighted by Crippen LogP contribution is 2.17. The molecule has 1 aliphatic rings. The Hall–Kier alpha value is -1.39. The molecule has 1 saturated heterocycles. The van der Waals surface area contributed by atoms with Crippen molar-refractivity contribution in [3.8, 4) is 0 Å². The maximum absolute atomic E-state index is 12.0. The highest BCUT2D eigenvalue weighted by molar-refractivity contribution is 5.78. The smallest absolute Gasteiger partial charge is 0.223 e. The Morgan fingerprint density at radius 2 is 2.21 bits per heavy atom. The van der Waals surface area contributed by atoms with Crippen molar-refractivity contribution in [2.45, 2.75) is 31.9 Å². The molecule has 1 aromatic rings. The van der Waals surface area contributed by atoms with Gasteiger partial charge in [0.1, 0.15) is 0 Å². The summed E-state index contributed by atoms with van der Waals surface area (Å²) < 4.78 is 0. The number of carbonyl (C=O) groups is 1. The van der Waals surface area contributed by atoms with E-state index in [1.807, 2.05) is 30.3 Å². The third-order valence-corrected chi connectivity index (χ3v) is 3.65. The molecule has 0 aromatic heterocycles. The summed E-state index contributed by atoms with van der Waals surface area (Å²) in [5, 5.41) is 16.2. The van der Waals surface area contributed by atoms with Gasteiger partial charge in [-0.15, -0.1) is 0 Å². The Balaban J connectivity index is 1.80. The fourth-order valence-corrected chi connectivity index (χ4v) is 2.50. The summed E-state index contributed by atoms with van der Waals surface area (Å²) in [5.74, 6) is 0.127. The molecule has 1 fully saturated rings. The van der Waals surface area contributed by atoms with E-state index in [1.165, 1.54) is 0 Å². The number of aliphatic hydroxyl groups excluding tert-OH is 1. The van der Waals surface area contributed by atoms with Crippen LogP contribution in [0.3, 0.4) is 0 Å². The van der Waals surface area contributed by atoms with Crippen LogP contribution >= 0.6 is 0 Å². The first kappa shape index (κ1) is 14.0. The van der Waals surface area contributed by atoms with Crippen molar-refractivity contribution in [3.05, 3.63) is 35.9 Å². The van der Waals surface area contributed by atoms with Crippen molar-refractivity contribution in [2.75, 3.05) is 13.1 Å². The predicted molar refractivity (Wildman–Crippen MR) is 74.6 cm³/mol. The SMILES string of the molecule is CC1CC(C(=O)NCC(O)c2ccccc2)CCN1. The van der Waals surface area contributed by atoms with Crippen LogP contribution in [0.2, 0.25) is 0 Å². The van der Waals surface area contributed by atoms with Crippen LogP contribution in [0.4, 0.5) is 0 Å². The van der Waals surface area contributed by atoms with Gasteiger partial charge in [-0.2, -0.15) is 0 Å². The molecule has 4 nitrogen and oxygen atoms in total. The number of piperidine rings is 1. The van der Waals surface area contributed by atoms with Crippen LogP contribution in [-0.2, 0) is 4.79 Å². The van der Waals surface area contributed by atoms with Crippen LogP contribution in [0.25, 0.3) is 0 Å². The molecule has 0 spiro atoms. The fourth-order valence-electron chi connectivity index (χ4n) is 2.50. The Bertz CT molecular complexity index is 408. The molecule has 2 rings (SSSR count). The zero-order valence-electron chi connectivity index (χ0n) is 11.3. The number of benzene rings is 1. The molecule has 3 atom stereocenters. The van der Waals surface area contributed by atoms with Crippen molar-refractivity contribution >= 4 is 5.91 Å². The largest absolute Gasteiger partial charge is 0.387 e. The second kappa shape index (κ2) is 6.68. The van der Waals surface area contributed by atoms with E-state index >= 15 is 0 Å². The van der Waals surface area contributed by atoms with E-state index in [0.29, 0.717) is 6.04 Å². The van der Waals surface area contributed by atoms with E-state index in [2.05, 4.69) is 17.6 Å². The van der Waals surface area contributed by atoms with Crippen molar-refractivity contribution in [1.29, 1.82) is 0 Å². The summed E-state index contributed by atoms with van der Waals surface area (Å²) in [6.07, 6.45) is 1.11. The number of aliphatic hydroxyl groups is 1. The Labute approximate surface area is 114 Å². The normalized spacial score (nSPS) is 24.7. The quantitative estimate of drug-likeness (QED) is 0.764. The third-order valence-electron chi connectivity index (χ3n) is 3.65. The van der Waals surface area contributed by atoms with Gasteiger partial charge in [0.15, 0.2) is 0 Å². The molecule has 104 valence electrons. The molecule has 1 aliphatic heterocycles. The predicted octanol–water partition coefficient (Wildman–Crippen LogP) is 1.22. The van der Waals surface area contributed by atoms with Crippen LogP contribution < -0.4 is 10.6 Å². The van der Waals surface area contributed by atoms with E-state index in [0.717, 1.165) is 24.9 Å². The minimum atomic E-state index is -0.635. The van der Waals surface area contributed by atoms with Gasteiger partial charge in [-0.3, -0.25) is 4.79 Å². The minimum absolute atomic E-state index is 0.0586. The maximum Gasteiger partial charge on any atom is 0.223 e. The summed E-state index contributed by atoms with van der Waals surface area (Å²) in [6, 6.07) is 9.80. The summed E-state index contributed by atoms with van der Waals surface area (Å²) in [6.45, 7) is 3.26. The zero-order chi connectivity index (χ0) is 13.7. The van der Waals surface area contributed by atoms with Crippen molar-refractivity contribution in [2.24, 2.45) is 5.92 Å². The van der Waals surface area contributed by atoms with Crippen molar-refractivity contribution in [1.82, 2.24) is 10.6 Å². The summed E-state index contributed by atoms with van der Waals surface area (Å²) >= 11 is 0. The number of nitrogens with one attached hydrogen (secondary N) is 2. The highest BCUT2D eigenvalue weighted by Gasteiger charge is 2.24. The van der Waals surface area contributed by atoms with Crippen LogP contribution in [0.1, 0.15) is 31.4 Å². The van der Waals surface area contributed by atoms with Gasteiger partial charge >= 0.3 is 0 Å². The molecule has 3 unspecified atom stereocenters. The molecule has 1 aromatic carbocycles. The second-order valence-corrected chi connectivity index (χ2v) is 5.25. The number of carbonyl (C=O) groups excluding carboxylic acids is 1. The number of amides is 1. The molecule has 0 aliphatic carbocycles. The third kappa shape index (κ3) is 4.04. The van der Waals surface area contributed by atoms with E-state index in [-0.39, 0.29) is 18.4 Å².